The molecule has 0 heterocycles. The van der Waals surface area contributed by atoms with Crippen LogP contribution in [0.25, 0.3) is 0 Å². The molecule has 0 amide bonds. The molecule has 0 saturated carbocycles. The zero-order chi connectivity index (χ0) is 14.5. The number of carbonyl (C=O) groups excluding carboxylic acids is 1. The van der Waals surface area contributed by atoms with Crippen LogP contribution < -0.4 is 0 Å². The lowest BCUT2D eigenvalue weighted by atomic mass is 10.1. The van der Waals surface area contributed by atoms with Crippen molar-refractivity contribution in [2.24, 2.45) is 5.16 Å². The lowest BCUT2D eigenvalue weighted by Gasteiger charge is -2.03. The summed E-state index contributed by atoms with van der Waals surface area (Å²) in [6.45, 7) is 3.82. The van der Waals surface area contributed by atoms with E-state index < -0.39 is 5.97 Å². The van der Waals surface area contributed by atoms with Gasteiger partial charge in [0.05, 0.1) is 11.3 Å². The predicted octanol–water partition coefficient (Wildman–Crippen LogP) is 4.34. The van der Waals surface area contributed by atoms with Gasteiger partial charge < -0.3 is 4.84 Å². The molecule has 0 aliphatic carbocycles. The highest BCUT2D eigenvalue weighted by Crippen LogP contribution is 2.17. The normalized spacial score (nSPS) is 11.2. The van der Waals surface area contributed by atoms with Crippen molar-refractivity contribution >= 4 is 27.6 Å². The predicted molar refractivity (Wildman–Crippen MR) is 82.9 cm³/mol. The van der Waals surface area contributed by atoms with Gasteiger partial charge in [-0.2, -0.15) is 0 Å². The molecule has 0 aliphatic heterocycles. The highest BCUT2D eigenvalue weighted by atomic mass is 79.9. The van der Waals surface area contributed by atoms with Gasteiger partial charge in [-0.1, -0.05) is 47.1 Å². The van der Waals surface area contributed by atoms with E-state index in [1.165, 1.54) is 5.56 Å². The lowest BCUT2D eigenvalue weighted by molar-refractivity contribution is 0.0515. The van der Waals surface area contributed by atoms with Crippen molar-refractivity contribution in [1.82, 2.24) is 0 Å². The molecule has 2 aromatic rings. The van der Waals surface area contributed by atoms with Crippen LogP contribution in [0.1, 0.15) is 28.4 Å². The van der Waals surface area contributed by atoms with Crippen molar-refractivity contribution in [3.05, 3.63) is 69.7 Å². The average molecular weight is 332 g/mol. The SMILES string of the molecule is C/C(=N\OC(=O)c1ccccc1Br)c1ccc(C)cc1. The molecular formula is C16H14BrNO2. The van der Waals surface area contributed by atoms with Crippen LogP contribution in [0, 0.1) is 6.92 Å². The Kier molecular flexibility index (Phi) is 4.69. The van der Waals surface area contributed by atoms with Crippen molar-refractivity contribution in [3.63, 3.8) is 0 Å². The second-order valence-corrected chi connectivity index (χ2v) is 5.26. The van der Waals surface area contributed by atoms with Crippen LogP contribution >= 0.6 is 15.9 Å². The molecule has 0 bridgehead atoms. The standard InChI is InChI=1S/C16H14BrNO2/c1-11-7-9-13(10-8-11)12(2)18-20-16(19)14-5-3-4-6-15(14)17/h3-10H,1-2H3/b18-12+. The van der Waals surface area contributed by atoms with Crippen molar-refractivity contribution in [2.75, 3.05) is 0 Å². The summed E-state index contributed by atoms with van der Waals surface area (Å²) in [5.41, 5.74) is 3.21. The average Bonchev–Trinajstić information content (AvgIpc) is 2.45. The van der Waals surface area contributed by atoms with Crippen LogP contribution in [0.3, 0.4) is 0 Å². The van der Waals surface area contributed by atoms with E-state index in [0.717, 1.165) is 5.56 Å². The molecule has 0 aromatic heterocycles. The number of oxime groups is 1. The van der Waals surface area contributed by atoms with Gasteiger partial charge >= 0.3 is 5.97 Å². The molecule has 0 atom stereocenters. The van der Waals surface area contributed by atoms with E-state index in [2.05, 4.69) is 21.1 Å². The van der Waals surface area contributed by atoms with Crippen LogP contribution in [-0.2, 0) is 4.84 Å². The van der Waals surface area contributed by atoms with Gasteiger partial charge in [-0.25, -0.2) is 4.79 Å². The first-order valence-corrected chi connectivity index (χ1v) is 6.95. The molecule has 0 radical (unpaired) electrons. The number of nitrogens with zero attached hydrogens (tertiary/aromatic N) is 1. The van der Waals surface area contributed by atoms with E-state index in [1.54, 1.807) is 25.1 Å². The van der Waals surface area contributed by atoms with Gasteiger partial charge in [0.25, 0.3) is 0 Å². The Labute approximate surface area is 126 Å². The summed E-state index contributed by atoms with van der Waals surface area (Å²) in [5, 5.41) is 3.89. The smallest absolute Gasteiger partial charge is 0.312 e. The maximum absolute atomic E-state index is 11.9. The number of halogens is 1. The fourth-order valence-electron chi connectivity index (χ4n) is 1.63. The summed E-state index contributed by atoms with van der Waals surface area (Å²) in [6, 6.07) is 14.9. The van der Waals surface area contributed by atoms with Gasteiger partial charge in [0, 0.05) is 4.47 Å². The lowest BCUT2D eigenvalue weighted by Crippen LogP contribution is -2.04. The van der Waals surface area contributed by atoms with Crippen LogP contribution in [0.2, 0.25) is 0 Å². The molecule has 4 heteroatoms. The van der Waals surface area contributed by atoms with E-state index in [1.807, 2.05) is 37.3 Å². The zero-order valence-corrected chi connectivity index (χ0v) is 12.8. The Hall–Kier alpha value is -1.94. The molecule has 0 unspecified atom stereocenters. The Balaban J connectivity index is 2.11. The summed E-state index contributed by atoms with van der Waals surface area (Å²) < 4.78 is 0.688. The third kappa shape index (κ3) is 3.54. The first kappa shape index (κ1) is 14.5. The molecular weight excluding hydrogens is 318 g/mol. The van der Waals surface area contributed by atoms with Crippen molar-refractivity contribution in [3.8, 4) is 0 Å². The van der Waals surface area contributed by atoms with Gasteiger partial charge in [-0.15, -0.1) is 0 Å². The Morgan fingerprint density at radius 2 is 1.75 bits per heavy atom. The molecule has 2 aromatic carbocycles. The first-order valence-electron chi connectivity index (χ1n) is 6.15. The number of aryl methyl sites for hydroxylation is 1. The summed E-state index contributed by atoms with van der Waals surface area (Å²) in [4.78, 5) is 16.9. The molecule has 0 N–H and O–H groups in total. The summed E-state index contributed by atoms with van der Waals surface area (Å²) in [5.74, 6) is -0.482. The third-order valence-electron chi connectivity index (χ3n) is 2.83. The highest BCUT2D eigenvalue weighted by molar-refractivity contribution is 9.10. The third-order valence-corrected chi connectivity index (χ3v) is 3.52. The fraction of sp³-hybridized carbons (Fsp3) is 0.125. The second-order valence-electron chi connectivity index (χ2n) is 4.40. The monoisotopic (exact) mass is 331 g/mol. The van der Waals surface area contributed by atoms with Crippen LogP contribution in [0.4, 0.5) is 0 Å². The van der Waals surface area contributed by atoms with Gasteiger partial charge in [0.2, 0.25) is 0 Å². The minimum atomic E-state index is -0.482. The van der Waals surface area contributed by atoms with E-state index >= 15 is 0 Å². The quantitative estimate of drug-likeness (QED) is 0.476. The molecule has 0 spiro atoms. The van der Waals surface area contributed by atoms with E-state index in [0.29, 0.717) is 15.7 Å². The molecule has 2 rings (SSSR count). The highest BCUT2D eigenvalue weighted by Gasteiger charge is 2.11. The van der Waals surface area contributed by atoms with Gasteiger partial charge in [-0.3, -0.25) is 0 Å². The number of rotatable bonds is 3. The van der Waals surface area contributed by atoms with Gasteiger partial charge in [0.1, 0.15) is 0 Å². The Morgan fingerprint density at radius 3 is 2.40 bits per heavy atom. The largest absolute Gasteiger partial charge is 0.366 e. The Bertz CT molecular complexity index is 648. The Morgan fingerprint density at radius 1 is 1.10 bits per heavy atom. The minimum Gasteiger partial charge on any atom is -0.312 e. The van der Waals surface area contributed by atoms with Gasteiger partial charge in [0.15, 0.2) is 0 Å². The topological polar surface area (TPSA) is 38.7 Å². The maximum Gasteiger partial charge on any atom is 0.366 e. The number of carbonyl (C=O) groups is 1. The van der Waals surface area contributed by atoms with Crippen LogP contribution in [-0.4, -0.2) is 11.7 Å². The van der Waals surface area contributed by atoms with E-state index in [-0.39, 0.29) is 0 Å². The van der Waals surface area contributed by atoms with Crippen molar-refractivity contribution in [1.29, 1.82) is 0 Å². The zero-order valence-electron chi connectivity index (χ0n) is 11.3. The number of hydrogen-bond donors (Lipinski definition) is 0. The van der Waals surface area contributed by atoms with E-state index in [9.17, 15) is 4.79 Å². The summed E-state index contributed by atoms with van der Waals surface area (Å²) in [6.07, 6.45) is 0. The molecule has 3 nitrogen and oxygen atoms in total. The maximum atomic E-state index is 11.9. The fourth-order valence-corrected chi connectivity index (χ4v) is 2.08. The van der Waals surface area contributed by atoms with E-state index in [4.69, 9.17) is 4.84 Å². The molecule has 20 heavy (non-hydrogen) atoms. The first-order chi connectivity index (χ1) is 9.58. The van der Waals surface area contributed by atoms with Crippen LogP contribution in [0.15, 0.2) is 58.2 Å². The molecule has 0 aliphatic rings. The number of hydrogen-bond acceptors (Lipinski definition) is 3. The van der Waals surface area contributed by atoms with Gasteiger partial charge in [-0.05, 0) is 47.5 Å². The summed E-state index contributed by atoms with van der Waals surface area (Å²) >= 11 is 3.31. The van der Waals surface area contributed by atoms with Crippen molar-refractivity contribution in [2.45, 2.75) is 13.8 Å². The molecule has 0 fully saturated rings. The molecule has 0 saturated heterocycles. The minimum absolute atomic E-state index is 0.452. The second kappa shape index (κ2) is 6.48. The van der Waals surface area contributed by atoms with Crippen molar-refractivity contribution < 1.29 is 9.63 Å². The van der Waals surface area contributed by atoms with Crippen LogP contribution in [0.5, 0.6) is 0 Å². The molecule has 102 valence electrons. The number of benzene rings is 2. The summed E-state index contributed by atoms with van der Waals surface area (Å²) in [7, 11) is 0.